The number of nitrogens with one attached hydrogen (secondary N) is 1. The zero-order chi connectivity index (χ0) is 13.2. The van der Waals surface area contributed by atoms with Crippen molar-refractivity contribution in [3.8, 4) is 0 Å². The summed E-state index contributed by atoms with van der Waals surface area (Å²) in [5, 5.41) is 7.11. The van der Waals surface area contributed by atoms with E-state index < -0.39 is 16.1 Å². The van der Waals surface area contributed by atoms with E-state index in [9.17, 15) is 8.42 Å². The van der Waals surface area contributed by atoms with Gasteiger partial charge in [-0.2, -0.15) is 4.31 Å². The van der Waals surface area contributed by atoms with Gasteiger partial charge in [-0.05, 0) is 12.8 Å². The minimum Gasteiger partial charge on any atom is -0.385 e. The molecule has 1 aliphatic carbocycles. The number of nitrogens with two attached hydrogens (primary N) is 1. The van der Waals surface area contributed by atoms with Gasteiger partial charge < -0.3 is 10.5 Å². The summed E-state index contributed by atoms with van der Waals surface area (Å²) < 4.78 is 31.7. The first-order valence-corrected chi connectivity index (χ1v) is 7.96. The summed E-state index contributed by atoms with van der Waals surface area (Å²) in [5.41, 5.74) is 5.39. The molecular weight excluding hydrogens is 254 g/mol. The second kappa shape index (κ2) is 5.54. The molecule has 104 valence electrons. The van der Waals surface area contributed by atoms with E-state index in [0.717, 1.165) is 32.1 Å². The summed E-state index contributed by atoms with van der Waals surface area (Å²) in [5.74, 6) is -0.0986. The first-order chi connectivity index (χ1) is 8.51. The fourth-order valence-electron chi connectivity index (χ4n) is 2.62. The molecule has 0 aromatic carbocycles. The number of hydrogen-bond acceptors (Lipinski definition) is 4. The van der Waals surface area contributed by atoms with Gasteiger partial charge in [-0.25, -0.2) is 8.42 Å². The summed E-state index contributed by atoms with van der Waals surface area (Å²) >= 11 is 0. The van der Waals surface area contributed by atoms with Crippen molar-refractivity contribution in [3.63, 3.8) is 0 Å². The van der Waals surface area contributed by atoms with E-state index in [1.807, 2.05) is 0 Å². The van der Waals surface area contributed by atoms with Crippen molar-refractivity contribution in [1.29, 1.82) is 5.41 Å². The maximum absolute atomic E-state index is 12.5. The van der Waals surface area contributed by atoms with Crippen molar-refractivity contribution < 1.29 is 13.2 Å². The Morgan fingerprint density at radius 3 is 2.56 bits per heavy atom. The standard InChI is InChI=1S/C11H21N3O3S/c12-11(13)10-8-14(6-7-17-10)18(15,16)9-4-2-1-3-5-9/h9-10H,1-8H2,(H3,12,13). The van der Waals surface area contributed by atoms with Gasteiger partial charge in [0.15, 0.2) is 0 Å². The van der Waals surface area contributed by atoms with Crippen LogP contribution in [0.5, 0.6) is 0 Å². The lowest BCUT2D eigenvalue weighted by atomic mass is 10.0. The van der Waals surface area contributed by atoms with Crippen molar-refractivity contribution in [2.24, 2.45) is 5.73 Å². The van der Waals surface area contributed by atoms with Gasteiger partial charge in [0, 0.05) is 13.1 Å². The van der Waals surface area contributed by atoms with Crippen LogP contribution in [-0.4, -0.2) is 49.6 Å². The summed E-state index contributed by atoms with van der Waals surface area (Å²) in [6.07, 6.45) is 4.03. The predicted molar refractivity (Wildman–Crippen MR) is 69.0 cm³/mol. The normalized spacial score (nSPS) is 28.1. The third-order valence-electron chi connectivity index (χ3n) is 3.71. The second-order valence-electron chi connectivity index (χ2n) is 4.98. The Hall–Kier alpha value is -0.660. The molecule has 1 saturated carbocycles. The highest BCUT2D eigenvalue weighted by Crippen LogP contribution is 2.27. The van der Waals surface area contributed by atoms with Crippen LogP contribution in [-0.2, 0) is 14.8 Å². The van der Waals surface area contributed by atoms with Crippen LogP contribution >= 0.6 is 0 Å². The van der Waals surface area contributed by atoms with Crippen LogP contribution in [0.3, 0.4) is 0 Å². The quantitative estimate of drug-likeness (QED) is 0.571. The minimum absolute atomic E-state index is 0.0986. The summed E-state index contributed by atoms with van der Waals surface area (Å²) in [4.78, 5) is 0. The van der Waals surface area contributed by atoms with E-state index in [4.69, 9.17) is 15.9 Å². The zero-order valence-electron chi connectivity index (χ0n) is 10.5. The van der Waals surface area contributed by atoms with Crippen LogP contribution in [0.25, 0.3) is 0 Å². The average Bonchev–Trinajstić information content (AvgIpc) is 2.40. The molecule has 6 nitrogen and oxygen atoms in total. The average molecular weight is 275 g/mol. The molecule has 7 heteroatoms. The fraction of sp³-hybridized carbons (Fsp3) is 0.909. The summed E-state index contributed by atoms with van der Waals surface area (Å²) in [7, 11) is -3.25. The lowest BCUT2D eigenvalue weighted by molar-refractivity contribution is 0.0363. The SMILES string of the molecule is N=C(N)C1CN(S(=O)(=O)C2CCCCC2)CCO1. The number of morpholine rings is 1. The Balaban J connectivity index is 2.06. The number of amidine groups is 1. The molecule has 1 atom stereocenters. The molecule has 0 spiro atoms. The van der Waals surface area contributed by atoms with Crippen LogP contribution in [0.15, 0.2) is 0 Å². The van der Waals surface area contributed by atoms with Crippen LogP contribution in [0, 0.1) is 5.41 Å². The van der Waals surface area contributed by atoms with Gasteiger partial charge in [0.2, 0.25) is 10.0 Å². The molecule has 0 amide bonds. The maximum atomic E-state index is 12.5. The van der Waals surface area contributed by atoms with Crippen LogP contribution in [0.1, 0.15) is 32.1 Å². The van der Waals surface area contributed by atoms with Gasteiger partial charge >= 0.3 is 0 Å². The largest absolute Gasteiger partial charge is 0.385 e. The highest BCUT2D eigenvalue weighted by atomic mass is 32.2. The maximum Gasteiger partial charge on any atom is 0.217 e. The van der Waals surface area contributed by atoms with Crippen LogP contribution in [0.2, 0.25) is 0 Å². The molecule has 0 aromatic rings. The van der Waals surface area contributed by atoms with Crippen LogP contribution < -0.4 is 5.73 Å². The highest BCUT2D eigenvalue weighted by Gasteiger charge is 2.36. The second-order valence-corrected chi connectivity index (χ2v) is 7.19. The molecule has 0 aromatic heterocycles. The third-order valence-corrected chi connectivity index (χ3v) is 6.07. The van der Waals surface area contributed by atoms with E-state index >= 15 is 0 Å². The molecule has 0 radical (unpaired) electrons. The molecular formula is C11H21N3O3S. The van der Waals surface area contributed by atoms with Gasteiger partial charge in [-0.1, -0.05) is 19.3 Å². The van der Waals surface area contributed by atoms with E-state index in [2.05, 4.69) is 0 Å². The smallest absolute Gasteiger partial charge is 0.217 e. The molecule has 1 unspecified atom stereocenters. The molecule has 1 aliphatic heterocycles. The Labute approximate surface area is 108 Å². The van der Waals surface area contributed by atoms with E-state index in [-0.39, 0.29) is 17.6 Å². The first kappa shape index (κ1) is 13.8. The van der Waals surface area contributed by atoms with E-state index in [0.29, 0.717) is 13.2 Å². The summed E-state index contributed by atoms with van der Waals surface area (Å²) in [6.45, 7) is 0.882. The van der Waals surface area contributed by atoms with Gasteiger partial charge in [0.25, 0.3) is 0 Å². The molecule has 1 saturated heterocycles. The fourth-order valence-corrected chi connectivity index (χ4v) is 4.64. The molecule has 3 N–H and O–H groups in total. The number of ether oxygens (including phenoxy) is 1. The Kier molecular flexibility index (Phi) is 4.24. The first-order valence-electron chi connectivity index (χ1n) is 6.46. The number of hydrogen-bond donors (Lipinski definition) is 2. The lowest BCUT2D eigenvalue weighted by Crippen LogP contribution is -2.52. The van der Waals surface area contributed by atoms with Gasteiger partial charge in [0.05, 0.1) is 11.9 Å². The molecule has 2 aliphatic rings. The van der Waals surface area contributed by atoms with Crippen molar-refractivity contribution in [3.05, 3.63) is 0 Å². The topological polar surface area (TPSA) is 96.5 Å². The highest BCUT2D eigenvalue weighted by molar-refractivity contribution is 7.89. The van der Waals surface area contributed by atoms with Crippen molar-refractivity contribution in [1.82, 2.24) is 4.31 Å². The Bertz CT molecular complexity index is 404. The van der Waals surface area contributed by atoms with Gasteiger partial charge in [-0.15, -0.1) is 0 Å². The summed E-state index contributed by atoms with van der Waals surface area (Å²) in [6, 6.07) is 0. The lowest BCUT2D eigenvalue weighted by Gasteiger charge is -2.35. The monoisotopic (exact) mass is 275 g/mol. The van der Waals surface area contributed by atoms with E-state index in [1.54, 1.807) is 0 Å². The number of rotatable bonds is 3. The van der Waals surface area contributed by atoms with E-state index in [1.165, 1.54) is 4.31 Å². The van der Waals surface area contributed by atoms with Gasteiger partial charge in [-0.3, -0.25) is 5.41 Å². The molecule has 2 rings (SSSR count). The third kappa shape index (κ3) is 2.84. The van der Waals surface area contributed by atoms with Crippen molar-refractivity contribution in [2.45, 2.75) is 43.5 Å². The minimum atomic E-state index is -3.25. The zero-order valence-corrected chi connectivity index (χ0v) is 11.3. The van der Waals surface area contributed by atoms with Gasteiger partial charge in [0.1, 0.15) is 11.9 Å². The van der Waals surface area contributed by atoms with Crippen molar-refractivity contribution >= 4 is 15.9 Å². The molecule has 2 fully saturated rings. The van der Waals surface area contributed by atoms with Crippen molar-refractivity contribution in [2.75, 3.05) is 19.7 Å². The molecule has 0 bridgehead atoms. The van der Waals surface area contributed by atoms with Crippen LogP contribution in [0.4, 0.5) is 0 Å². The Morgan fingerprint density at radius 1 is 1.28 bits per heavy atom. The predicted octanol–water partition coefficient (Wildman–Crippen LogP) is 0.286. The number of sulfonamides is 1. The molecule has 1 heterocycles. The Morgan fingerprint density at radius 2 is 1.94 bits per heavy atom. The molecule has 18 heavy (non-hydrogen) atoms. The number of nitrogens with zero attached hydrogens (tertiary/aromatic N) is 1.